The Hall–Kier alpha value is -2.11. The van der Waals surface area contributed by atoms with Crippen LogP contribution in [0, 0.1) is 13.8 Å². The Bertz CT molecular complexity index is 786. The first-order chi connectivity index (χ1) is 12.0. The fourth-order valence-corrected chi connectivity index (χ4v) is 4.23. The molecule has 0 bridgehead atoms. The maximum absolute atomic E-state index is 13.0. The van der Waals surface area contributed by atoms with Crippen molar-refractivity contribution in [2.24, 2.45) is 7.05 Å². The van der Waals surface area contributed by atoms with Gasteiger partial charge in [0.25, 0.3) is 5.91 Å². The molecule has 1 unspecified atom stereocenters. The van der Waals surface area contributed by atoms with Crippen molar-refractivity contribution in [3.8, 4) is 0 Å². The lowest BCUT2D eigenvalue weighted by molar-refractivity contribution is 0.0664. The van der Waals surface area contributed by atoms with E-state index in [9.17, 15) is 4.79 Å². The van der Waals surface area contributed by atoms with Crippen LogP contribution >= 0.6 is 0 Å². The molecule has 0 radical (unpaired) electrons. The highest BCUT2D eigenvalue weighted by Gasteiger charge is 2.32. The van der Waals surface area contributed by atoms with Gasteiger partial charge in [-0.05, 0) is 45.6 Å². The minimum Gasteiger partial charge on any atom is -0.335 e. The quantitative estimate of drug-likeness (QED) is 0.862. The van der Waals surface area contributed by atoms with E-state index in [-0.39, 0.29) is 5.91 Å². The van der Waals surface area contributed by atoms with Crippen LogP contribution in [0.15, 0.2) is 12.3 Å². The number of carbonyl (C=O) groups excluding carboxylic acids is 1. The molecule has 2 aromatic heterocycles. The number of imidazole rings is 1. The molecule has 25 heavy (non-hydrogen) atoms. The van der Waals surface area contributed by atoms with E-state index in [1.807, 2.05) is 31.1 Å². The molecule has 2 fully saturated rings. The van der Waals surface area contributed by atoms with Gasteiger partial charge >= 0.3 is 0 Å². The Balaban J connectivity index is 1.56. The van der Waals surface area contributed by atoms with Crippen molar-refractivity contribution < 1.29 is 4.79 Å². The largest absolute Gasteiger partial charge is 0.335 e. The molecular weight excluding hydrogens is 314 g/mol. The van der Waals surface area contributed by atoms with E-state index >= 15 is 0 Å². The lowest BCUT2D eigenvalue weighted by Gasteiger charge is -2.36. The van der Waals surface area contributed by atoms with Crippen molar-refractivity contribution >= 4 is 5.91 Å². The summed E-state index contributed by atoms with van der Waals surface area (Å²) in [5, 5.41) is 4.32. The van der Waals surface area contributed by atoms with Gasteiger partial charge in [0.05, 0.1) is 11.7 Å². The number of amides is 1. The van der Waals surface area contributed by atoms with Gasteiger partial charge < -0.3 is 9.47 Å². The SMILES string of the molecule is Cc1cc(C(=O)N2CCCC(n3c(C)cnc3C3CCC3)C2)n(C)n1. The molecule has 4 rings (SSSR count). The predicted octanol–water partition coefficient (Wildman–Crippen LogP) is 2.98. The van der Waals surface area contributed by atoms with E-state index in [1.165, 1.54) is 30.8 Å². The normalized spacial score (nSPS) is 21.4. The summed E-state index contributed by atoms with van der Waals surface area (Å²) in [6, 6.07) is 2.22. The van der Waals surface area contributed by atoms with E-state index in [2.05, 4.69) is 16.6 Å². The minimum absolute atomic E-state index is 0.0933. The van der Waals surface area contributed by atoms with Crippen LogP contribution in [0.25, 0.3) is 0 Å². The average Bonchev–Trinajstić information content (AvgIpc) is 3.07. The van der Waals surface area contributed by atoms with Crippen LogP contribution in [0.1, 0.15) is 71.8 Å². The standard InChI is InChI=1S/C19H27N5O/c1-13-10-17(22(3)21-13)19(25)23-9-5-8-16(12-23)24-14(2)11-20-18(24)15-6-4-7-15/h10-11,15-16H,4-9,12H2,1-3H3. The Kier molecular flexibility index (Phi) is 4.13. The average molecular weight is 341 g/mol. The molecule has 1 aliphatic heterocycles. The predicted molar refractivity (Wildman–Crippen MR) is 95.7 cm³/mol. The summed E-state index contributed by atoms with van der Waals surface area (Å²) in [6.07, 6.45) is 7.96. The molecule has 1 saturated carbocycles. The highest BCUT2D eigenvalue weighted by atomic mass is 16.2. The Labute approximate surface area is 148 Å². The number of rotatable bonds is 3. The third kappa shape index (κ3) is 2.87. The molecular formula is C19H27N5O. The lowest BCUT2D eigenvalue weighted by atomic mass is 9.84. The summed E-state index contributed by atoms with van der Waals surface area (Å²) in [5.74, 6) is 1.94. The van der Waals surface area contributed by atoms with Crippen LogP contribution in [0.2, 0.25) is 0 Å². The van der Waals surface area contributed by atoms with Gasteiger partial charge in [-0.15, -0.1) is 0 Å². The van der Waals surface area contributed by atoms with Crippen molar-refractivity contribution in [2.45, 2.75) is 57.9 Å². The van der Waals surface area contributed by atoms with Gasteiger partial charge in [0.1, 0.15) is 11.5 Å². The number of likely N-dealkylation sites (tertiary alicyclic amines) is 1. The van der Waals surface area contributed by atoms with Gasteiger partial charge in [-0.2, -0.15) is 5.10 Å². The first-order valence-corrected chi connectivity index (χ1v) is 9.38. The van der Waals surface area contributed by atoms with Crippen LogP contribution in [0.4, 0.5) is 0 Å². The van der Waals surface area contributed by atoms with Crippen LogP contribution in [0.5, 0.6) is 0 Å². The number of hydrogen-bond acceptors (Lipinski definition) is 3. The summed E-state index contributed by atoms with van der Waals surface area (Å²) >= 11 is 0. The van der Waals surface area contributed by atoms with Gasteiger partial charge in [-0.1, -0.05) is 6.42 Å². The molecule has 6 heteroatoms. The van der Waals surface area contributed by atoms with Gasteiger partial charge in [-0.3, -0.25) is 9.48 Å². The summed E-state index contributed by atoms with van der Waals surface area (Å²) in [7, 11) is 1.84. The zero-order valence-electron chi connectivity index (χ0n) is 15.4. The van der Waals surface area contributed by atoms with Gasteiger partial charge in [0, 0.05) is 37.9 Å². The first-order valence-electron chi connectivity index (χ1n) is 9.38. The number of carbonyl (C=O) groups is 1. The van der Waals surface area contributed by atoms with E-state index in [1.54, 1.807) is 4.68 Å². The number of aromatic nitrogens is 4. The topological polar surface area (TPSA) is 56.0 Å². The van der Waals surface area contributed by atoms with Crippen LogP contribution in [0.3, 0.4) is 0 Å². The van der Waals surface area contributed by atoms with Crippen LogP contribution < -0.4 is 0 Å². The maximum atomic E-state index is 13.0. The first kappa shape index (κ1) is 16.4. The fourth-order valence-electron chi connectivity index (χ4n) is 4.23. The van der Waals surface area contributed by atoms with Crippen molar-refractivity contribution in [3.63, 3.8) is 0 Å². The smallest absolute Gasteiger partial charge is 0.272 e. The van der Waals surface area contributed by atoms with Crippen molar-refractivity contribution in [1.82, 2.24) is 24.2 Å². The molecule has 6 nitrogen and oxygen atoms in total. The monoisotopic (exact) mass is 341 g/mol. The zero-order valence-corrected chi connectivity index (χ0v) is 15.4. The molecule has 0 aromatic carbocycles. The molecule has 1 saturated heterocycles. The third-order valence-corrected chi connectivity index (χ3v) is 5.75. The van der Waals surface area contributed by atoms with Crippen molar-refractivity contribution in [2.75, 3.05) is 13.1 Å². The number of nitrogens with zero attached hydrogens (tertiary/aromatic N) is 5. The van der Waals surface area contributed by atoms with Gasteiger partial charge in [0.2, 0.25) is 0 Å². The second-order valence-electron chi connectivity index (χ2n) is 7.60. The van der Waals surface area contributed by atoms with E-state index in [0.29, 0.717) is 17.7 Å². The fraction of sp³-hybridized carbons (Fsp3) is 0.632. The van der Waals surface area contributed by atoms with Crippen LogP contribution in [-0.4, -0.2) is 43.2 Å². The summed E-state index contributed by atoms with van der Waals surface area (Å²) < 4.78 is 4.11. The molecule has 0 spiro atoms. The Morgan fingerprint density at radius 3 is 2.64 bits per heavy atom. The van der Waals surface area contributed by atoms with Gasteiger partial charge in [0.15, 0.2) is 0 Å². The second kappa shape index (κ2) is 6.32. The third-order valence-electron chi connectivity index (χ3n) is 5.75. The molecule has 134 valence electrons. The minimum atomic E-state index is 0.0933. The number of hydrogen-bond donors (Lipinski definition) is 0. The summed E-state index contributed by atoms with van der Waals surface area (Å²) in [6.45, 7) is 5.65. The number of piperidine rings is 1. The molecule has 1 atom stereocenters. The van der Waals surface area contributed by atoms with E-state index < -0.39 is 0 Å². The van der Waals surface area contributed by atoms with Crippen molar-refractivity contribution in [3.05, 3.63) is 35.2 Å². The molecule has 2 aliphatic rings. The molecule has 2 aromatic rings. The molecule has 3 heterocycles. The summed E-state index contributed by atoms with van der Waals surface area (Å²) in [5.41, 5.74) is 2.79. The highest BCUT2D eigenvalue weighted by molar-refractivity contribution is 5.92. The lowest BCUT2D eigenvalue weighted by Crippen LogP contribution is -2.42. The van der Waals surface area contributed by atoms with Gasteiger partial charge in [-0.25, -0.2) is 4.98 Å². The van der Waals surface area contributed by atoms with E-state index in [4.69, 9.17) is 4.98 Å². The molecule has 1 amide bonds. The van der Waals surface area contributed by atoms with Crippen LogP contribution in [-0.2, 0) is 7.05 Å². The second-order valence-corrected chi connectivity index (χ2v) is 7.60. The Morgan fingerprint density at radius 2 is 2.00 bits per heavy atom. The highest BCUT2D eigenvalue weighted by Crippen LogP contribution is 2.38. The van der Waals surface area contributed by atoms with E-state index in [0.717, 1.165) is 31.6 Å². The molecule has 1 aliphatic carbocycles. The zero-order chi connectivity index (χ0) is 17.6. The molecule has 0 N–H and O–H groups in total. The maximum Gasteiger partial charge on any atom is 0.272 e. The number of aryl methyl sites for hydroxylation is 3. The van der Waals surface area contributed by atoms with Crippen molar-refractivity contribution in [1.29, 1.82) is 0 Å². The Morgan fingerprint density at radius 1 is 1.20 bits per heavy atom. The summed E-state index contributed by atoms with van der Waals surface area (Å²) in [4.78, 5) is 19.7.